The van der Waals surface area contributed by atoms with E-state index in [9.17, 15) is 31.5 Å². The summed E-state index contributed by atoms with van der Waals surface area (Å²) in [5.74, 6) is -7.42. The number of halogens is 6. The van der Waals surface area contributed by atoms with E-state index in [0.717, 1.165) is 9.36 Å². The summed E-state index contributed by atoms with van der Waals surface area (Å²) in [6.07, 6.45) is -7.32. The van der Waals surface area contributed by atoms with Crippen LogP contribution in [0, 0.1) is 0 Å². The summed E-state index contributed by atoms with van der Waals surface area (Å²) >= 11 is 6.06. The van der Waals surface area contributed by atoms with Crippen LogP contribution >= 0.6 is 11.6 Å². The molecule has 0 saturated heterocycles. The van der Waals surface area contributed by atoms with Gasteiger partial charge < -0.3 is 15.5 Å². The van der Waals surface area contributed by atoms with E-state index in [1.54, 1.807) is 20.8 Å². The number of nitrogens with zero attached hydrogens (tertiary/aromatic N) is 6. The zero-order valence-corrected chi connectivity index (χ0v) is 22.8. The van der Waals surface area contributed by atoms with E-state index in [4.69, 9.17) is 21.8 Å². The van der Waals surface area contributed by atoms with E-state index in [0.29, 0.717) is 0 Å². The summed E-state index contributed by atoms with van der Waals surface area (Å²) in [6.45, 7) is 5.46. The van der Waals surface area contributed by atoms with Crippen LogP contribution in [0.15, 0.2) is 27.4 Å². The maximum atomic E-state index is 13.7. The fourth-order valence-electron chi connectivity index (χ4n) is 4.08. The van der Waals surface area contributed by atoms with Crippen molar-refractivity contribution < 1.29 is 31.2 Å². The van der Waals surface area contributed by atoms with Crippen LogP contribution in [0.5, 0.6) is 0 Å². The van der Waals surface area contributed by atoms with Crippen LogP contribution < -0.4 is 16.8 Å². The van der Waals surface area contributed by atoms with Gasteiger partial charge in [-0.2, -0.15) is 31.7 Å². The third kappa shape index (κ3) is 5.87. The lowest BCUT2D eigenvalue weighted by atomic mass is 10.0. The highest BCUT2D eigenvalue weighted by atomic mass is 35.5. The molecule has 3 N–H and O–H groups in total. The van der Waals surface area contributed by atoms with Crippen LogP contribution in [0.3, 0.4) is 0 Å². The average molecular weight is 603 g/mol. The number of hydrogen-bond acceptors (Lipinski definition) is 8. The summed E-state index contributed by atoms with van der Waals surface area (Å²) in [6, 6.07) is 3.98. The van der Waals surface area contributed by atoms with Gasteiger partial charge in [-0.1, -0.05) is 11.6 Å². The molecule has 0 radical (unpaired) electrons. The van der Waals surface area contributed by atoms with Crippen molar-refractivity contribution in [3.8, 4) is 11.5 Å². The van der Waals surface area contributed by atoms with Gasteiger partial charge >= 0.3 is 17.9 Å². The smallest absolute Gasteiger partial charge is 0.392 e. The standard InChI is InChI=1S/C24H24ClF5N8O3/c1-10(2)38-22(40)41-21(36-38)11(3)16-18(31)33-20(34-19(16)32-12(4)39)17-14-6-5-13(25)9-15(14)37(35-17)8-7-23(26,27)24(28,29)30/h5-6,9-11H,7-8H2,1-4H3,(H3,31,32,33,34,39). The molecule has 3 aromatic heterocycles. The topological polar surface area (TPSA) is 147 Å². The van der Waals surface area contributed by atoms with Crippen molar-refractivity contribution in [3.05, 3.63) is 45.2 Å². The lowest BCUT2D eigenvalue weighted by Crippen LogP contribution is -2.37. The molecule has 41 heavy (non-hydrogen) atoms. The zero-order chi connectivity index (χ0) is 30.4. The maximum absolute atomic E-state index is 13.7. The fraction of sp³-hybridized carbons (Fsp3) is 0.417. The first kappa shape index (κ1) is 29.9. The predicted molar refractivity (Wildman–Crippen MR) is 139 cm³/mol. The molecule has 4 rings (SSSR count). The van der Waals surface area contributed by atoms with Crippen LogP contribution in [0.1, 0.15) is 57.5 Å². The number of aromatic nitrogens is 6. The Kier molecular flexibility index (Phi) is 7.82. The molecule has 0 bridgehead atoms. The van der Waals surface area contributed by atoms with Crippen LogP contribution in [0.4, 0.5) is 33.6 Å². The number of carbonyl (C=O) groups is 1. The summed E-state index contributed by atoms with van der Waals surface area (Å²) < 4.78 is 73.0. The number of nitrogen functional groups attached to an aromatic ring is 1. The monoisotopic (exact) mass is 602 g/mol. The van der Waals surface area contributed by atoms with Crippen molar-refractivity contribution in [1.29, 1.82) is 0 Å². The SMILES string of the molecule is CC(=O)Nc1nc(-c2nn(CCC(F)(F)C(F)(F)F)c3cc(Cl)ccc23)nc(N)c1C(C)c1nn(C(C)C)c(=O)o1. The Balaban J connectivity index is 1.84. The number of fused-ring (bicyclic) bond motifs is 1. The molecule has 220 valence electrons. The van der Waals surface area contributed by atoms with Crippen LogP contribution in [-0.2, 0) is 11.3 Å². The van der Waals surface area contributed by atoms with Gasteiger partial charge in [0, 0.05) is 35.9 Å². The van der Waals surface area contributed by atoms with Crippen LogP contribution in [-0.4, -0.2) is 47.5 Å². The van der Waals surface area contributed by atoms with E-state index in [-0.39, 0.29) is 56.6 Å². The molecule has 0 saturated carbocycles. The second-order valence-electron chi connectivity index (χ2n) is 9.53. The van der Waals surface area contributed by atoms with Gasteiger partial charge in [-0.15, -0.1) is 5.10 Å². The Bertz CT molecular complexity index is 1680. The second kappa shape index (κ2) is 10.7. The van der Waals surface area contributed by atoms with Crippen LogP contribution in [0.2, 0.25) is 5.02 Å². The lowest BCUT2D eigenvalue weighted by Gasteiger charge is -2.19. The Labute approximate surface area is 233 Å². The van der Waals surface area contributed by atoms with E-state index >= 15 is 0 Å². The van der Waals surface area contributed by atoms with Gasteiger partial charge in [-0.25, -0.2) is 14.8 Å². The first-order chi connectivity index (χ1) is 19.0. The van der Waals surface area contributed by atoms with Crippen molar-refractivity contribution in [3.63, 3.8) is 0 Å². The molecule has 1 atom stereocenters. The van der Waals surface area contributed by atoms with Gasteiger partial charge in [-0.3, -0.25) is 9.48 Å². The van der Waals surface area contributed by atoms with Crippen molar-refractivity contribution in [2.75, 3.05) is 11.1 Å². The quantitative estimate of drug-likeness (QED) is 0.263. The highest BCUT2D eigenvalue weighted by Crippen LogP contribution is 2.39. The minimum absolute atomic E-state index is 0.0138. The summed E-state index contributed by atoms with van der Waals surface area (Å²) in [5.41, 5.74) is 6.58. The van der Waals surface area contributed by atoms with Crippen molar-refractivity contribution in [1.82, 2.24) is 29.5 Å². The highest BCUT2D eigenvalue weighted by molar-refractivity contribution is 6.31. The Morgan fingerprint density at radius 1 is 1.15 bits per heavy atom. The van der Waals surface area contributed by atoms with Crippen LogP contribution in [0.25, 0.3) is 22.4 Å². The van der Waals surface area contributed by atoms with E-state index < -0.39 is 42.6 Å². The first-order valence-electron chi connectivity index (χ1n) is 12.2. The van der Waals surface area contributed by atoms with E-state index in [1.165, 1.54) is 25.1 Å². The van der Waals surface area contributed by atoms with Crippen molar-refractivity contribution in [2.24, 2.45) is 0 Å². The number of nitrogens with one attached hydrogen (secondary N) is 1. The normalized spacial score (nSPS) is 13.2. The molecule has 0 spiro atoms. The molecule has 1 amide bonds. The van der Waals surface area contributed by atoms with Gasteiger partial charge in [0.1, 0.15) is 17.3 Å². The number of nitrogens with two attached hydrogens (primary N) is 1. The molecule has 0 fully saturated rings. The molecule has 0 aliphatic heterocycles. The predicted octanol–water partition coefficient (Wildman–Crippen LogP) is 5.16. The number of benzene rings is 1. The molecule has 4 aromatic rings. The van der Waals surface area contributed by atoms with E-state index in [1.807, 2.05) is 0 Å². The molecule has 0 aliphatic rings. The first-order valence-corrected chi connectivity index (χ1v) is 12.5. The number of hydrogen-bond donors (Lipinski definition) is 2. The molecule has 0 aliphatic carbocycles. The number of alkyl halides is 5. The number of amides is 1. The minimum Gasteiger partial charge on any atom is -0.392 e. The van der Waals surface area contributed by atoms with Gasteiger partial charge in [0.25, 0.3) is 0 Å². The van der Waals surface area contributed by atoms with Crippen molar-refractivity contribution in [2.45, 2.75) is 64.7 Å². The molecule has 17 heteroatoms. The Morgan fingerprint density at radius 2 is 1.83 bits per heavy atom. The third-order valence-electron chi connectivity index (χ3n) is 6.13. The van der Waals surface area contributed by atoms with Crippen molar-refractivity contribution >= 4 is 40.0 Å². The summed E-state index contributed by atoms with van der Waals surface area (Å²) in [7, 11) is 0. The zero-order valence-electron chi connectivity index (χ0n) is 22.1. The fourth-order valence-corrected chi connectivity index (χ4v) is 4.25. The summed E-state index contributed by atoms with van der Waals surface area (Å²) in [5, 5.41) is 11.4. The van der Waals surface area contributed by atoms with Gasteiger partial charge in [0.05, 0.1) is 17.5 Å². The van der Waals surface area contributed by atoms with Gasteiger partial charge in [-0.05, 0) is 39.0 Å². The molecular weight excluding hydrogens is 579 g/mol. The third-order valence-corrected chi connectivity index (χ3v) is 6.36. The molecule has 1 aromatic carbocycles. The lowest BCUT2D eigenvalue weighted by molar-refractivity contribution is -0.285. The van der Waals surface area contributed by atoms with Gasteiger partial charge in [0.2, 0.25) is 11.8 Å². The summed E-state index contributed by atoms with van der Waals surface area (Å²) in [4.78, 5) is 32.9. The minimum atomic E-state index is -5.74. The second-order valence-corrected chi connectivity index (χ2v) is 9.96. The number of aryl methyl sites for hydroxylation is 1. The molecule has 1 unspecified atom stereocenters. The number of anilines is 2. The van der Waals surface area contributed by atoms with Gasteiger partial charge in [0.15, 0.2) is 5.82 Å². The molecule has 11 nitrogen and oxygen atoms in total. The Hall–Kier alpha value is -4.08. The van der Waals surface area contributed by atoms with E-state index in [2.05, 4.69) is 25.5 Å². The Morgan fingerprint density at radius 3 is 2.41 bits per heavy atom. The maximum Gasteiger partial charge on any atom is 0.453 e. The largest absolute Gasteiger partial charge is 0.453 e. The molecular formula is C24H24ClF5N8O3. The number of carbonyl (C=O) groups excluding carboxylic acids is 1. The molecule has 3 heterocycles. The highest BCUT2D eigenvalue weighted by Gasteiger charge is 2.56. The average Bonchev–Trinajstić information content (AvgIpc) is 3.41. The number of rotatable bonds is 8.